The quantitative estimate of drug-likeness (QED) is 0.428. The van der Waals surface area contributed by atoms with Crippen LogP contribution >= 0.6 is 23.5 Å². The zero-order valence-electron chi connectivity index (χ0n) is 13.0. The predicted octanol–water partition coefficient (Wildman–Crippen LogP) is 6.75. The largest absolute Gasteiger partial charge is 0.348 e. The number of rotatable bonds is 4. The van der Waals surface area contributed by atoms with Gasteiger partial charge in [-0.05, 0) is 54.6 Å². The molecule has 0 aliphatic heterocycles. The molecule has 0 atom stereocenters. The number of nitrogens with one attached hydrogen (secondary N) is 1. The van der Waals surface area contributed by atoms with Gasteiger partial charge < -0.3 is 4.98 Å². The highest BCUT2D eigenvalue weighted by Crippen LogP contribution is 2.43. The Hall–Kier alpha value is -2.24. The van der Waals surface area contributed by atoms with E-state index in [9.17, 15) is 8.78 Å². The second-order valence-electron chi connectivity index (χ2n) is 5.44. The van der Waals surface area contributed by atoms with E-state index in [0.717, 1.165) is 30.6 Å². The first-order chi connectivity index (χ1) is 12.2. The summed E-state index contributed by atoms with van der Waals surface area (Å²) in [5.74, 6) is -0.494. The van der Waals surface area contributed by atoms with Gasteiger partial charge in [-0.2, -0.15) is 0 Å². The number of aromatic amines is 1. The van der Waals surface area contributed by atoms with E-state index in [4.69, 9.17) is 0 Å². The molecule has 0 saturated carbocycles. The summed E-state index contributed by atoms with van der Waals surface area (Å²) >= 11 is 3.14. The summed E-state index contributed by atoms with van der Waals surface area (Å²) < 4.78 is 26.3. The lowest BCUT2D eigenvalue weighted by molar-refractivity contribution is 0.626. The van der Waals surface area contributed by atoms with Crippen molar-refractivity contribution in [1.82, 2.24) is 4.98 Å². The third kappa shape index (κ3) is 3.57. The Morgan fingerprint density at radius 1 is 0.640 bits per heavy atom. The summed E-state index contributed by atoms with van der Waals surface area (Å²) in [6, 6.07) is 21.0. The van der Waals surface area contributed by atoms with Crippen molar-refractivity contribution in [3.05, 3.63) is 84.4 Å². The Morgan fingerprint density at radius 2 is 1.20 bits per heavy atom. The van der Waals surface area contributed by atoms with Crippen molar-refractivity contribution in [2.24, 2.45) is 0 Å². The molecule has 4 aromatic rings. The van der Waals surface area contributed by atoms with E-state index in [2.05, 4.69) is 11.1 Å². The van der Waals surface area contributed by atoms with Crippen LogP contribution in [0.15, 0.2) is 92.5 Å². The summed E-state index contributed by atoms with van der Waals surface area (Å²) in [6.07, 6.45) is 0. The molecule has 0 fully saturated rings. The van der Waals surface area contributed by atoms with E-state index in [1.54, 1.807) is 47.8 Å². The van der Waals surface area contributed by atoms with Gasteiger partial charge in [0.1, 0.15) is 11.6 Å². The molecule has 124 valence electrons. The van der Waals surface area contributed by atoms with Gasteiger partial charge in [0.2, 0.25) is 0 Å². The Kier molecular flexibility index (Phi) is 4.51. The van der Waals surface area contributed by atoms with E-state index in [-0.39, 0.29) is 11.6 Å². The number of fused-ring (bicyclic) bond motifs is 1. The van der Waals surface area contributed by atoms with Gasteiger partial charge in [0, 0.05) is 20.7 Å². The normalized spacial score (nSPS) is 11.1. The third-order valence-electron chi connectivity index (χ3n) is 3.69. The molecule has 0 saturated heterocycles. The van der Waals surface area contributed by atoms with Crippen molar-refractivity contribution in [1.29, 1.82) is 0 Å². The molecule has 5 heteroatoms. The molecule has 25 heavy (non-hydrogen) atoms. The molecule has 4 rings (SSSR count). The van der Waals surface area contributed by atoms with Crippen LogP contribution in [0.25, 0.3) is 10.9 Å². The number of hydrogen-bond acceptors (Lipinski definition) is 2. The molecule has 0 amide bonds. The Morgan fingerprint density at radius 3 is 1.84 bits per heavy atom. The lowest BCUT2D eigenvalue weighted by atomic mass is 10.2. The number of H-pyrrole nitrogens is 1. The number of para-hydroxylation sites is 1. The maximum Gasteiger partial charge on any atom is 0.123 e. The van der Waals surface area contributed by atoms with Crippen LogP contribution in [-0.4, -0.2) is 4.98 Å². The van der Waals surface area contributed by atoms with Gasteiger partial charge in [0.15, 0.2) is 0 Å². The predicted molar refractivity (Wildman–Crippen MR) is 99.3 cm³/mol. The number of benzene rings is 3. The zero-order valence-corrected chi connectivity index (χ0v) is 14.6. The first kappa shape index (κ1) is 16.2. The second kappa shape index (κ2) is 6.94. The van der Waals surface area contributed by atoms with Crippen LogP contribution in [0.4, 0.5) is 8.78 Å². The van der Waals surface area contributed by atoms with Crippen LogP contribution in [0.5, 0.6) is 0 Å². The highest BCUT2D eigenvalue weighted by molar-refractivity contribution is 8.02. The minimum atomic E-state index is -0.248. The monoisotopic (exact) mass is 369 g/mol. The van der Waals surface area contributed by atoms with Crippen molar-refractivity contribution in [2.75, 3.05) is 0 Å². The number of hydrogen-bond donors (Lipinski definition) is 1. The maximum absolute atomic E-state index is 13.2. The van der Waals surface area contributed by atoms with Crippen molar-refractivity contribution >= 4 is 34.4 Å². The van der Waals surface area contributed by atoms with Gasteiger partial charge in [-0.3, -0.25) is 0 Å². The Balaban J connectivity index is 1.74. The van der Waals surface area contributed by atoms with Crippen LogP contribution in [0.3, 0.4) is 0 Å². The highest BCUT2D eigenvalue weighted by atomic mass is 32.2. The lowest BCUT2D eigenvalue weighted by Gasteiger charge is -2.05. The first-order valence-electron chi connectivity index (χ1n) is 7.66. The minimum Gasteiger partial charge on any atom is -0.348 e. The fourth-order valence-corrected chi connectivity index (χ4v) is 4.57. The molecule has 1 nitrogen and oxygen atoms in total. The van der Waals surface area contributed by atoms with E-state index >= 15 is 0 Å². The average molecular weight is 369 g/mol. The average Bonchev–Trinajstić information content (AvgIpc) is 2.96. The molecule has 1 aromatic heterocycles. The van der Waals surface area contributed by atoms with Crippen LogP contribution in [0, 0.1) is 11.6 Å². The number of halogens is 2. The van der Waals surface area contributed by atoms with Crippen molar-refractivity contribution in [3.8, 4) is 0 Å². The zero-order chi connectivity index (χ0) is 17.2. The van der Waals surface area contributed by atoms with E-state index in [1.165, 1.54) is 24.3 Å². The van der Waals surface area contributed by atoms with Crippen molar-refractivity contribution in [2.45, 2.75) is 19.7 Å². The molecule has 3 aromatic carbocycles. The summed E-state index contributed by atoms with van der Waals surface area (Å²) in [4.78, 5) is 6.43. The van der Waals surface area contributed by atoms with Gasteiger partial charge in [-0.15, -0.1) is 0 Å². The van der Waals surface area contributed by atoms with Crippen molar-refractivity contribution in [3.63, 3.8) is 0 Å². The minimum absolute atomic E-state index is 0.246. The summed E-state index contributed by atoms with van der Waals surface area (Å²) in [7, 11) is 0. The summed E-state index contributed by atoms with van der Waals surface area (Å²) in [5.41, 5.74) is 1.04. The molecule has 0 radical (unpaired) electrons. The fourth-order valence-electron chi connectivity index (χ4n) is 2.51. The van der Waals surface area contributed by atoms with E-state index in [1.807, 2.05) is 18.2 Å². The van der Waals surface area contributed by atoms with Gasteiger partial charge >= 0.3 is 0 Å². The molecule has 0 spiro atoms. The van der Waals surface area contributed by atoms with Crippen LogP contribution in [-0.2, 0) is 0 Å². The molecular weight excluding hydrogens is 356 g/mol. The van der Waals surface area contributed by atoms with Gasteiger partial charge in [-0.1, -0.05) is 41.7 Å². The SMILES string of the molecule is Fc1ccc(Sc2[nH]c3ccccc3c2Sc2ccc(F)cc2)cc1. The topological polar surface area (TPSA) is 15.8 Å². The van der Waals surface area contributed by atoms with Crippen LogP contribution < -0.4 is 0 Å². The van der Waals surface area contributed by atoms with Crippen LogP contribution in [0.2, 0.25) is 0 Å². The lowest BCUT2D eigenvalue weighted by Crippen LogP contribution is -1.79. The van der Waals surface area contributed by atoms with E-state index in [0.29, 0.717) is 0 Å². The van der Waals surface area contributed by atoms with Gasteiger partial charge in [0.05, 0.1) is 9.92 Å². The summed E-state index contributed by atoms with van der Waals surface area (Å²) in [5, 5.41) is 2.10. The van der Waals surface area contributed by atoms with Crippen LogP contribution in [0.1, 0.15) is 0 Å². The molecule has 0 unspecified atom stereocenters. The smallest absolute Gasteiger partial charge is 0.123 e. The highest BCUT2D eigenvalue weighted by Gasteiger charge is 2.14. The maximum atomic E-state index is 13.2. The molecule has 0 aliphatic rings. The van der Waals surface area contributed by atoms with Gasteiger partial charge in [0.25, 0.3) is 0 Å². The fraction of sp³-hybridized carbons (Fsp3) is 0. The molecule has 0 bridgehead atoms. The Labute approximate surface area is 152 Å². The van der Waals surface area contributed by atoms with Crippen molar-refractivity contribution < 1.29 is 8.78 Å². The second-order valence-corrected chi connectivity index (χ2v) is 7.61. The van der Waals surface area contributed by atoms with Gasteiger partial charge in [-0.25, -0.2) is 8.78 Å². The summed E-state index contributed by atoms with van der Waals surface area (Å²) in [6.45, 7) is 0. The third-order valence-corrected chi connectivity index (χ3v) is 5.98. The Bertz CT molecular complexity index is 1010. The molecular formula is C20H13F2NS2. The first-order valence-corrected chi connectivity index (χ1v) is 9.30. The molecule has 1 N–H and O–H groups in total. The molecule has 1 heterocycles. The number of aromatic nitrogens is 1. The standard InChI is InChI=1S/C20H13F2NS2/c21-13-5-9-15(10-6-13)24-19-17-3-1-2-4-18(17)23-20(19)25-16-11-7-14(22)8-12-16/h1-12,23H. The van der Waals surface area contributed by atoms with E-state index < -0.39 is 0 Å². The molecule has 0 aliphatic carbocycles.